The minimum Gasteiger partial charge on any atom is -0.378 e. The number of rotatable bonds is 3. The number of likely N-dealkylation sites (tertiary alicyclic amines) is 1. The molecule has 2 N–H and O–H groups in total. The molecule has 4 atom stereocenters. The third-order valence-electron chi connectivity index (χ3n) is 4.78. The topological polar surface area (TPSA) is 38.5 Å². The second kappa shape index (κ2) is 6.36. The minimum absolute atomic E-state index is 0.341. The van der Waals surface area contributed by atoms with Gasteiger partial charge in [-0.25, -0.2) is 0 Å². The number of piperidine rings is 1. The summed E-state index contributed by atoms with van der Waals surface area (Å²) < 4.78 is 5.88. The molecule has 0 bridgehead atoms. The number of nitrogens with two attached hydrogens (primary N) is 1. The van der Waals surface area contributed by atoms with Crippen LogP contribution in [0.1, 0.15) is 46.5 Å². The zero-order chi connectivity index (χ0) is 13.1. The van der Waals surface area contributed by atoms with Gasteiger partial charge in [0, 0.05) is 25.2 Å². The molecule has 2 saturated heterocycles. The summed E-state index contributed by atoms with van der Waals surface area (Å²) in [6.07, 6.45) is 5.50. The predicted molar refractivity (Wildman–Crippen MR) is 75.5 cm³/mol. The Bertz CT molecular complexity index is 229. The largest absolute Gasteiger partial charge is 0.378 e. The molecule has 2 heterocycles. The van der Waals surface area contributed by atoms with Gasteiger partial charge in [-0.2, -0.15) is 0 Å². The summed E-state index contributed by atoms with van der Waals surface area (Å²) in [7, 11) is 0. The first-order valence-corrected chi connectivity index (χ1v) is 7.69. The van der Waals surface area contributed by atoms with E-state index in [1.807, 2.05) is 0 Å². The van der Waals surface area contributed by atoms with Crippen molar-refractivity contribution in [2.75, 3.05) is 19.7 Å². The number of ether oxygens (including phenoxy) is 1. The molecule has 0 amide bonds. The zero-order valence-electron chi connectivity index (χ0n) is 12.3. The molecule has 0 aromatic rings. The Hall–Kier alpha value is -0.120. The fourth-order valence-corrected chi connectivity index (χ4v) is 3.41. The second-order valence-electron chi connectivity index (χ2n) is 6.59. The number of hydrogen-bond acceptors (Lipinski definition) is 3. The van der Waals surface area contributed by atoms with E-state index in [9.17, 15) is 0 Å². The quantitative estimate of drug-likeness (QED) is 0.839. The van der Waals surface area contributed by atoms with Crippen molar-refractivity contribution in [2.45, 2.75) is 64.6 Å². The Morgan fingerprint density at radius 1 is 1.22 bits per heavy atom. The molecule has 0 aromatic heterocycles. The van der Waals surface area contributed by atoms with E-state index >= 15 is 0 Å². The lowest BCUT2D eigenvalue weighted by molar-refractivity contribution is -0.0554. The molecule has 2 fully saturated rings. The summed E-state index contributed by atoms with van der Waals surface area (Å²) in [4.78, 5) is 2.69. The average molecular weight is 254 g/mol. The lowest BCUT2D eigenvalue weighted by atomic mass is 9.88. The Labute approximate surface area is 112 Å². The lowest BCUT2D eigenvalue weighted by Crippen LogP contribution is -2.50. The van der Waals surface area contributed by atoms with E-state index in [0.29, 0.717) is 24.0 Å². The molecule has 106 valence electrons. The van der Waals surface area contributed by atoms with Crippen LogP contribution in [0.5, 0.6) is 0 Å². The van der Waals surface area contributed by atoms with Crippen molar-refractivity contribution in [3.63, 3.8) is 0 Å². The molecular weight excluding hydrogens is 224 g/mol. The highest BCUT2D eigenvalue weighted by Crippen LogP contribution is 2.28. The van der Waals surface area contributed by atoms with Crippen molar-refractivity contribution in [1.82, 2.24) is 4.90 Å². The summed E-state index contributed by atoms with van der Waals surface area (Å²) in [6.45, 7) is 10.1. The van der Waals surface area contributed by atoms with Gasteiger partial charge in [0.05, 0.1) is 6.10 Å². The van der Waals surface area contributed by atoms with Crippen molar-refractivity contribution in [1.29, 1.82) is 0 Å². The Morgan fingerprint density at radius 3 is 2.67 bits per heavy atom. The normalized spacial score (nSPS) is 36.8. The summed E-state index contributed by atoms with van der Waals surface area (Å²) in [6, 6.07) is 1.07. The van der Waals surface area contributed by atoms with Gasteiger partial charge in [0.1, 0.15) is 0 Å². The van der Waals surface area contributed by atoms with E-state index in [1.165, 1.54) is 38.8 Å². The molecule has 2 aliphatic heterocycles. The van der Waals surface area contributed by atoms with Crippen LogP contribution < -0.4 is 5.73 Å². The van der Waals surface area contributed by atoms with Crippen LogP contribution in [-0.2, 0) is 4.74 Å². The Kier molecular flexibility index (Phi) is 5.05. The smallest absolute Gasteiger partial charge is 0.0612 e. The highest BCUT2D eigenvalue weighted by atomic mass is 16.5. The van der Waals surface area contributed by atoms with Crippen LogP contribution in [0.4, 0.5) is 0 Å². The van der Waals surface area contributed by atoms with Gasteiger partial charge < -0.3 is 10.5 Å². The molecular formula is C15H30N2O. The van der Waals surface area contributed by atoms with Crippen LogP contribution in [0.3, 0.4) is 0 Å². The number of hydrogen-bond donors (Lipinski definition) is 1. The second-order valence-corrected chi connectivity index (χ2v) is 6.59. The molecule has 3 nitrogen and oxygen atoms in total. The third-order valence-corrected chi connectivity index (χ3v) is 4.78. The maximum atomic E-state index is 6.08. The molecule has 0 aliphatic carbocycles. The van der Waals surface area contributed by atoms with Gasteiger partial charge >= 0.3 is 0 Å². The van der Waals surface area contributed by atoms with Crippen LogP contribution in [0.25, 0.3) is 0 Å². The zero-order valence-corrected chi connectivity index (χ0v) is 12.3. The molecule has 18 heavy (non-hydrogen) atoms. The molecule has 4 unspecified atom stereocenters. The van der Waals surface area contributed by atoms with Gasteiger partial charge in [-0.1, -0.05) is 13.8 Å². The average Bonchev–Trinajstić information content (AvgIpc) is 2.39. The molecule has 0 radical (unpaired) electrons. The van der Waals surface area contributed by atoms with Gasteiger partial charge in [0.15, 0.2) is 0 Å². The van der Waals surface area contributed by atoms with Crippen LogP contribution in [0.2, 0.25) is 0 Å². The summed E-state index contributed by atoms with van der Waals surface area (Å²) in [5, 5.41) is 0. The lowest BCUT2D eigenvalue weighted by Gasteiger charge is -2.43. The molecule has 0 aromatic carbocycles. The van der Waals surface area contributed by atoms with E-state index in [-0.39, 0.29) is 0 Å². The third kappa shape index (κ3) is 3.46. The molecule has 2 aliphatic rings. The van der Waals surface area contributed by atoms with Crippen LogP contribution in [0.15, 0.2) is 0 Å². The maximum Gasteiger partial charge on any atom is 0.0612 e. The standard InChI is InChI=1S/C15H30N2O/c1-11(2)15-9-14(6-8-18-15)17-7-4-5-13(10-17)12(3)16/h11-15H,4-10,16H2,1-3H3. The van der Waals surface area contributed by atoms with Crippen molar-refractivity contribution in [3.05, 3.63) is 0 Å². The maximum absolute atomic E-state index is 6.08. The highest BCUT2D eigenvalue weighted by Gasteiger charge is 2.32. The molecule has 3 heteroatoms. The van der Waals surface area contributed by atoms with Crippen LogP contribution in [0, 0.1) is 11.8 Å². The first kappa shape index (κ1) is 14.3. The van der Waals surface area contributed by atoms with E-state index < -0.39 is 0 Å². The predicted octanol–water partition coefficient (Wildman–Crippen LogP) is 2.25. The highest BCUT2D eigenvalue weighted by molar-refractivity contribution is 4.86. The van der Waals surface area contributed by atoms with Crippen molar-refractivity contribution >= 4 is 0 Å². The minimum atomic E-state index is 0.341. The monoisotopic (exact) mass is 254 g/mol. The first-order valence-electron chi connectivity index (χ1n) is 7.69. The molecule has 2 rings (SSSR count). The van der Waals surface area contributed by atoms with Crippen LogP contribution in [-0.4, -0.2) is 42.8 Å². The van der Waals surface area contributed by atoms with Gasteiger partial charge in [0.2, 0.25) is 0 Å². The van der Waals surface area contributed by atoms with Gasteiger partial charge in [0.25, 0.3) is 0 Å². The fourth-order valence-electron chi connectivity index (χ4n) is 3.41. The number of nitrogens with zero attached hydrogens (tertiary/aromatic N) is 1. The van der Waals surface area contributed by atoms with Crippen molar-refractivity contribution in [3.8, 4) is 0 Å². The first-order chi connectivity index (χ1) is 8.58. The SMILES string of the molecule is CC(C)C1CC(N2CCCC(C(C)N)C2)CCO1. The van der Waals surface area contributed by atoms with Gasteiger partial charge in [-0.3, -0.25) is 4.90 Å². The van der Waals surface area contributed by atoms with Gasteiger partial charge in [-0.05, 0) is 51.0 Å². The fraction of sp³-hybridized carbons (Fsp3) is 1.00. The van der Waals surface area contributed by atoms with Gasteiger partial charge in [-0.15, -0.1) is 0 Å². The summed E-state index contributed by atoms with van der Waals surface area (Å²) in [5.74, 6) is 1.33. The summed E-state index contributed by atoms with van der Waals surface area (Å²) >= 11 is 0. The van der Waals surface area contributed by atoms with E-state index in [2.05, 4.69) is 25.7 Å². The van der Waals surface area contributed by atoms with Crippen molar-refractivity contribution < 1.29 is 4.74 Å². The van der Waals surface area contributed by atoms with Crippen molar-refractivity contribution in [2.24, 2.45) is 17.6 Å². The van der Waals surface area contributed by atoms with Crippen LogP contribution >= 0.6 is 0 Å². The van der Waals surface area contributed by atoms with E-state index in [4.69, 9.17) is 10.5 Å². The summed E-state index contributed by atoms with van der Waals surface area (Å²) in [5.41, 5.74) is 6.08. The Morgan fingerprint density at radius 2 is 2.00 bits per heavy atom. The van der Waals surface area contributed by atoms with E-state index in [1.54, 1.807) is 0 Å². The molecule has 0 spiro atoms. The Balaban J connectivity index is 1.90. The van der Waals surface area contributed by atoms with E-state index in [0.717, 1.165) is 12.6 Å². The molecule has 0 saturated carbocycles.